The van der Waals surface area contributed by atoms with E-state index < -0.39 is 5.97 Å². The molecule has 6 heteroatoms. The molecule has 4 heterocycles. The molecule has 7 atom stereocenters. The lowest BCUT2D eigenvalue weighted by atomic mass is 9.54. The third-order valence-electron chi connectivity index (χ3n) is 8.08. The molecule has 5 aliphatic rings. The van der Waals surface area contributed by atoms with Gasteiger partial charge in [-0.3, -0.25) is 4.79 Å². The number of piperidine rings is 1. The molecule has 2 bridgehead atoms. The number of aliphatic carboxylic acids is 1. The van der Waals surface area contributed by atoms with Crippen molar-refractivity contribution in [2.24, 2.45) is 11.8 Å². The average molecular weight is 368 g/mol. The van der Waals surface area contributed by atoms with Crippen LogP contribution < -0.4 is 5.32 Å². The Labute approximate surface area is 158 Å². The van der Waals surface area contributed by atoms with Gasteiger partial charge in [0, 0.05) is 30.5 Å². The monoisotopic (exact) mass is 368 g/mol. The zero-order chi connectivity index (χ0) is 18.4. The van der Waals surface area contributed by atoms with Gasteiger partial charge in [0.25, 0.3) is 0 Å². The number of benzene rings is 1. The Bertz CT molecular complexity index is 869. The van der Waals surface area contributed by atoms with E-state index >= 15 is 0 Å². The predicted octanol–water partition coefficient (Wildman–Crippen LogP) is 2.25. The number of fused-ring (bicyclic) bond motifs is 2. The lowest BCUT2D eigenvalue weighted by molar-refractivity contribution is -0.896. The molecule has 3 fully saturated rings. The Morgan fingerprint density at radius 2 is 2.26 bits per heavy atom. The second-order valence-corrected chi connectivity index (χ2v) is 8.98. The van der Waals surface area contributed by atoms with Gasteiger partial charge in [-0.15, -0.1) is 0 Å². The standard InChI is InChI=1S/C21H24N2O4/c24-18(25)10-16-19-13-9-17-21(14-3-1-2-4-15(14)22-20(19)21)6-7-23(17,26)11-12(13)5-8-27-16/h1-5,13,16-17,19-20,22H,6-11H2,(H,24,25)/t13-,16-,17+,19+,20+,21+,23+/m0/s1. The fraction of sp³-hybridized carbons (Fsp3) is 0.571. The molecule has 6 nitrogen and oxygen atoms in total. The minimum Gasteiger partial charge on any atom is -0.632 e. The fourth-order valence-electron chi connectivity index (χ4n) is 7.20. The van der Waals surface area contributed by atoms with E-state index in [1.807, 2.05) is 6.07 Å². The second kappa shape index (κ2) is 5.13. The Morgan fingerprint density at radius 1 is 1.41 bits per heavy atom. The van der Waals surface area contributed by atoms with Crippen LogP contribution in [-0.2, 0) is 14.9 Å². The number of carbonyl (C=O) groups is 1. The summed E-state index contributed by atoms with van der Waals surface area (Å²) < 4.78 is 5.95. The minimum atomic E-state index is -0.814. The van der Waals surface area contributed by atoms with Gasteiger partial charge in [-0.2, -0.15) is 0 Å². The summed E-state index contributed by atoms with van der Waals surface area (Å²) in [5.74, 6) is -0.475. The van der Waals surface area contributed by atoms with Crippen LogP contribution in [0.5, 0.6) is 0 Å². The van der Waals surface area contributed by atoms with Gasteiger partial charge < -0.3 is 25.0 Å². The van der Waals surface area contributed by atoms with Gasteiger partial charge in [-0.25, -0.2) is 0 Å². The third kappa shape index (κ3) is 1.88. The number of carboxylic acid groups (broad SMARTS) is 1. The van der Waals surface area contributed by atoms with Crippen molar-refractivity contribution in [1.29, 1.82) is 0 Å². The summed E-state index contributed by atoms with van der Waals surface area (Å²) in [6, 6.07) is 8.50. The number of hydrogen-bond acceptors (Lipinski definition) is 4. The zero-order valence-electron chi connectivity index (χ0n) is 15.1. The molecule has 142 valence electrons. The van der Waals surface area contributed by atoms with Crippen molar-refractivity contribution in [3.05, 3.63) is 46.7 Å². The number of carboxylic acids is 1. The molecule has 0 aromatic heterocycles. The van der Waals surface area contributed by atoms with E-state index in [1.165, 1.54) is 11.1 Å². The summed E-state index contributed by atoms with van der Waals surface area (Å²) in [7, 11) is 0. The van der Waals surface area contributed by atoms with E-state index in [4.69, 9.17) is 4.74 Å². The number of quaternary nitrogens is 1. The van der Waals surface area contributed by atoms with E-state index in [9.17, 15) is 15.1 Å². The molecule has 1 aromatic rings. The first-order chi connectivity index (χ1) is 13.0. The summed E-state index contributed by atoms with van der Waals surface area (Å²) in [5.41, 5.74) is 3.38. The molecule has 1 saturated carbocycles. The summed E-state index contributed by atoms with van der Waals surface area (Å²) in [6.07, 6.45) is 3.49. The van der Waals surface area contributed by atoms with Crippen molar-refractivity contribution in [3.63, 3.8) is 0 Å². The van der Waals surface area contributed by atoms with Gasteiger partial charge in [0.2, 0.25) is 0 Å². The molecular weight excluding hydrogens is 344 g/mol. The summed E-state index contributed by atoms with van der Waals surface area (Å²) in [6.45, 7) is 1.61. The van der Waals surface area contributed by atoms with E-state index in [-0.39, 0.29) is 46.5 Å². The normalized spacial score (nSPS) is 46.0. The molecule has 27 heavy (non-hydrogen) atoms. The lowest BCUT2D eigenvalue weighted by Crippen LogP contribution is -2.68. The van der Waals surface area contributed by atoms with Crippen LogP contribution in [0.4, 0.5) is 5.69 Å². The van der Waals surface area contributed by atoms with Crippen LogP contribution in [0.2, 0.25) is 0 Å². The number of nitrogens with zero attached hydrogens (tertiary/aromatic N) is 1. The third-order valence-corrected chi connectivity index (χ3v) is 8.08. The maximum absolute atomic E-state index is 13.8. The zero-order valence-corrected chi connectivity index (χ0v) is 15.1. The highest BCUT2D eigenvalue weighted by molar-refractivity contribution is 5.68. The molecule has 4 aliphatic heterocycles. The van der Waals surface area contributed by atoms with Crippen LogP contribution in [0.25, 0.3) is 0 Å². The van der Waals surface area contributed by atoms with Crippen LogP contribution in [0.3, 0.4) is 0 Å². The lowest BCUT2D eigenvalue weighted by Gasteiger charge is -2.60. The molecule has 6 rings (SSSR count). The number of hydroxylamine groups is 3. The fourth-order valence-corrected chi connectivity index (χ4v) is 7.20. The highest BCUT2D eigenvalue weighted by Crippen LogP contribution is 2.64. The highest BCUT2D eigenvalue weighted by Gasteiger charge is 2.71. The Kier molecular flexibility index (Phi) is 3.06. The van der Waals surface area contributed by atoms with E-state index in [1.54, 1.807) is 0 Å². The summed E-state index contributed by atoms with van der Waals surface area (Å²) >= 11 is 0. The Hall–Kier alpha value is -1.89. The molecule has 0 unspecified atom stereocenters. The molecule has 0 amide bonds. The van der Waals surface area contributed by atoms with Gasteiger partial charge >= 0.3 is 5.97 Å². The quantitative estimate of drug-likeness (QED) is 0.475. The molecule has 1 aromatic carbocycles. The van der Waals surface area contributed by atoms with Crippen molar-refractivity contribution >= 4 is 11.7 Å². The Balaban J connectivity index is 1.55. The van der Waals surface area contributed by atoms with Crippen LogP contribution >= 0.6 is 0 Å². The maximum Gasteiger partial charge on any atom is 0.305 e. The minimum absolute atomic E-state index is 0.0228. The highest BCUT2D eigenvalue weighted by atomic mass is 16.6. The maximum atomic E-state index is 13.8. The topological polar surface area (TPSA) is 81.6 Å². The predicted molar refractivity (Wildman–Crippen MR) is 99.0 cm³/mol. The van der Waals surface area contributed by atoms with Gasteiger partial charge in [0.05, 0.1) is 31.1 Å². The number of rotatable bonds is 2. The van der Waals surface area contributed by atoms with Crippen molar-refractivity contribution in [3.8, 4) is 0 Å². The van der Waals surface area contributed by atoms with E-state index in [2.05, 4.69) is 29.6 Å². The largest absolute Gasteiger partial charge is 0.632 e. The van der Waals surface area contributed by atoms with Crippen LogP contribution in [-0.4, -0.2) is 53.6 Å². The first-order valence-corrected chi connectivity index (χ1v) is 9.99. The average Bonchev–Trinajstić information content (AvgIpc) is 3.08. The number of hydrogen-bond donors (Lipinski definition) is 2. The van der Waals surface area contributed by atoms with Gasteiger partial charge in [0.15, 0.2) is 0 Å². The second-order valence-electron chi connectivity index (χ2n) is 8.98. The first-order valence-electron chi connectivity index (χ1n) is 9.99. The van der Waals surface area contributed by atoms with Gasteiger partial charge in [-0.1, -0.05) is 24.3 Å². The molecule has 1 aliphatic carbocycles. The van der Waals surface area contributed by atoms with E-state index in [0.29, 0.717) is 19.7 Å². The van der Waals surface area contributed by atoms with Gasteiger partial charge in [-0.05, 0) is 23.1 Å². The Morgan fingerprint density at radius 3 is 3.11 bits per heavy atom. The molecule has 2 saturated heterocycles. The summed E-state index contributed by atoms with van der Waals surface area (Å²) in [4.78, 5) is 11.6. The molecule has 1 spiro atoms. The number of para-hydroxylation sites is 1. The van der Waals surface area contributed by atoms with Crippen molar-refractivity contribution < 1.29 is 19.3 Å². The SMILES string of the molecule is O=C(O)C[C@@H]1OCC=C2C[N@+]3([O-])CC[C@]45c6ccccc6N[C@@H]4[C@@H]1[C@H]2C[C@H]53. The molecule has 2 N–H and O–H groups in total. The van der Waals surface area contributed by atoms with Crippen molar-refractivity contribution in [1.82, 2.24) is 0 Å². The van der Waals surface area contributed by atoms with Gasteiger partial charge in [0.1, 0.15) is 12.6 Å². The van der Waals surface area contributed by atoms with E-state index in [0.717, 1.165) is 18.5 Å². The number of nitrogens with one attached hydrogen (secondary N) is 1. The van der Waals surface area contributed by atoms with Crippen LogP contribution in [0.1, 0.15) is 24.8 Å². The smallest absolute Gasteiger partial charge is 0.305 e. The molecule has 0 radical (unpaired) electrons. The van der Waals surface area contributed by atoms with Crippen LogP contribution in [0, 0.1) is 17.0 Å². The van der Waals surface area contributed by atoms with Crippen LogP contribution in [0.15, 0.2) is 35.9 Å². The van der Waals surface area contributed by atoms with Crippen molar-refractivity contribution in [2.45, 2.75) is 42.9 Å². The summed E-state index contributed by atoms with van der Waals surface area (Å²) in [5, 5.41) is 27.1. The number of ether oxygens (including phenoxy) is 1. The number of anilines is 1. The van der Waals surface area contributed by atoms with Crippen molar-refractivity contribution in [2.75, 3.05) is 25.0 Å². The molecular formula is C21H24N2O4. The first kappa shape index (κ1) is 16.1.